The first-order valence-corrected chi connectivity index (χ1v) is 9.30. The smallest absolute Gasteiger partial charge is 0.272 e. The molecule has 0 radical (unpaired) electrons. The van der Waals surface area contributed by atoms with Crippen molar-refractivity contribution in [1.29, 1.82) is 0 Å². The van der Waals surface area contributed by atoms with Crippen LogP contribution < -0.4 is 26.8 Å². The lowest BCUT2D eigenvalue weighted by Gasteiger charge is -2.08. The number of amides is 2. The predicted octanol–water partition coefficient (Wildman–Crippen LogP) is 2.38. The number of carbonyl (C=O) groups is 2. The summed E-state index contributed by atoms with van der Waals surface area (Å²) >= 11 is 0. The van der Waals surface area contributed by atoms with Crippen LogP contribution in [0.1, 0.15) is 29.9 Å². The van der Waals surface area contributed by atoms with Crippen molar-refractivity contribution in [3.8, 4) is 5.75 Å². The summed E-state index contributed by atoms with van der Waals surface area (Å²) in [6, 6.07) is 12.3. The van der Waals surface area contributed by atoms with Crippen molar-refractivity contribution >= 4 is 45.8 Å². The summed E-state index contributed by atoms with van der Waals surface area (Å²) in [6.45, 7) is 3.19. The van der Waals surface area contributed by atoms with Gasteiger partial charge in [0.1, 0.15) is 11.4 Å². The molecule has 10 heteroatoms. The maximum absolute atomic E-state index is 12.7. The van der Waals surface area contributed by atoms with Gasteiger partial charge in [0.25, 0.3) is 5.91 Å². The first-order chi connectivity index (χ1) is 14.8. The number of anilines is 2. The van der Waals surface area contributed by atoms with E-state index in [9.17, 15) is 9.59 Å². The van der Waals surface area contributed by atoms with E-state index >= 15 is 0 Å². The maximum atomic E-state index is 12.7. The number of guanidine groups is 1. The third-order valence-electron chi connectivity index (χ3n) is 4.37. The van der Waals surface area contributed by atoms with Gasteiger partial charge in [-0.15, -0.1) is 5.10 Å². The number of nitrogens with two attached hydrogens (primary N) is 2. The second-order valence-corrected chi connectivity index (χ2v) is 6.75. The minimum atomic E-state index is -0.310. The van der Waals surface area contributed by atoms with Gasteiger partial charge in [0.15, 0.2) is 0 Å². The van der Waals surface area contributed by atoms with Crippen LogP contribution in [0.15, 0.2) is 52.7 Å². The van der Waals surface area contributed by atoms with Gasteiger partial charge < -0.3 is 31.8 Å². The van der Waals surface area contributed by atoms with Crippen molar-refractivity contribution in [3.05, 3.63) is 53.7 Å². The van der Waals surface area contributed by atoms with E-state index in [0.29, 0.717) is 34.0 Å². The van der Waals surface area contributed by atoms with Crippen LogP contribution in [0.2, 0.25) is 0 Å². The maximum Gasteiger partial charge on any atom is 0.272 e. The monoisotopic (exact) mass is 421 g/mol. The molecule has 1 heterocycles. The van der Waals surface area contributed by atoms with E-state index in [-0.39, 0.29) is 17.8 Å². The number of hydrogen-bond donors (Lipinski definition) is 5. The van der Waals surface area contributed by atoms with Crippen LogP contribution >= 0.6 is 0 Å². The van der Waals surface area contributed by atoms with E-state index in [0.717, 1.165) is 10.9 Å². The molecule has 0 unspecified atom stereocenters. The molecule has 0 spiro atoms. The molecule has 0 bridgehead atoms. The quantitative estimate of drug-likeness (QED) is 0.234. The van der Waals surface area contributed by atoms with Gasteiger partial charge in [-0.25, -0.2) is 0 Å². The molecule has 160 valence electrons. The number of fused-ring (bicyclic) bond motifs is 1. The Morgan fingerprint density at radius 2 is 1.71 bits per heavy atom. The first kappa shape index (κ1) is 21.4. The average molecular weight is 421 g/mol. The van der Waals surface area contributed by atoms with Gasteiger partial charge in [-0.1, -0.05) is 12.1 Å². The van der Waals surface area contributed by atoms with Crippen LogP contribution in [-0.2, 0) is 4.79 Å². The second-order valence-electron chi connectivity index (χ2n) is 6.75. The van der Waals surface area contributed by atoms with Gasteiger partial charge in [-0.2, -0.15) is 5.10 Å². The van der Waals surface area contributed by atoms with E-state index < -0.39 is 0 Å². The van der Waals surface area contributed by atoms with Gasteiger partial charge in [-0.05, 0) is 42.8 Å². The van der Waals surface area contributed by atoms with Crippen LogP contribution in [-0.4, -0.2) is 35.6 Å². The average Bonchev–Trinajstić information content (AvgIpc) is 3.14. The molecule has 2 amide bonds. The van der Waals surface area contributed by atoms with Gasteiger partial charge in [-0.3, -0.25) is 9.59 Å². The molecule has 10 nitrogen and oxygen atoms in total. The van der Waals surface area contributed by atoms with E-state index in [1.165, 1.54) is 14.0 Å². The Morgan fingerprint density at radius 3 is 2.32 bits per heavy atom. The summed E-state index contributed by atoms with van der Waals surface area (Å²) in [4.78, 5) is 27.1. The molecule has 0 aliphatic heterocycles. The summed E-state index contributed by atoms with van der Waals surface area (Å²) in [5, 5.41) is 13.9. The molecule has 7 N–H and O–H groups in total. The van der Waals surface area contributed by atoms with Crippen LogP contribution in [0.25, 0.3) is 10.9 Å². The normalized spacial score (nSPS) is 11.1. The van der Waals surface area contributed by atoms with Gasteiger partial charge in [0.05, 0.1) is 18.5 Å². The second kappa shape index (κ2) is 8.99. The molecule has 0 atom stereocenters. The molecule has 0 saturated carbocycles. The van der Waals surface area contributed by atoms with Crippen LogP contribution in [0.5, 0.6) is 5.75 Å². The number of methoxy groups -OCH3 is 1. The number of nitrogens with one attached hydrogen (secondary N) is 3. The molecule has 0 aliphatic rings. The molecule has 3 aromatic rings. The minimum Gasteiger partial charge on any atom is -0.495 e. The highest BCUT2D eigenvalue weighted by atomic mass is 16.5. The topological polar surface area (TPSA) is 160 Å². The van der Waals surface area contributed by atoms with Crippen LogP contribution in [0.4, 0.5) is 11.4 Å². The molecular weight excluding hydrogens is 398 g/mol. The Hall–Kier alpha value is -4.34. The van der Waals surface area contributed by atoms with E-state index in [1.807, 2.05) is 0 Å². The summed E-state index contributed by atoms with van der Waals surface area (Å²) in [5.74, 6) is -0.149. The molecular formula is C21H23N7O3. The van der Waals surface area contributed by atoms with Gasteiger partial charge >= 0.3 is 0 Å². The van der Waals surface area contributed by atoms with E-state index in [2.05, 4.69) is 25.8 Å². The Kier molecular flexibility index (Phi) is 6.20. The fourth-order valence-electron chi connectivity index (χ4n) is 2.92. The molecule has 1 aromatic heterocycles. The fraction of sp³-hybridized carbons (Fsp3) is 0.143. The number of nitrogens with zero attached hydrogens (tertiary/aromatic N) is 2. The van der Waals surface area contributed by atoms with Crippen molar-refractivity contribution in [1.82, 2.24) is 4.98 Å². The molecule has 3 rings (SSSR count). The lowest BCUT2D eigenvalue weighted by molar-refractivity contribution is -0.114. The summed E-state index contributed by atoms with van der Waals surface area (Å²) in [7, 11) is 1.51. The number of aromatic amines is 1. The van der Waals surface area contributed by atoms with Gasteiger partial charge in [0, 0.05) is 23.5 Å². The Labute approximate surface area is 178 Å². The number of benzene rings is 2. The molecule has 2 aromatic carbocycles. The number of rotatable bonds is 6. The summed E-state index contributed by atoms with van der Waals surface area (Å²) in [5.41, 5.74) is 14.2. The highest BCUT2D eigenvalue weighted by Crippen LogP contribution is 2.30. The highest BCUT2D eigenvalue weighted by Gasteiger charge is 2.13. The summed E-state index contributed by atoms with van der Waals surface area (Å²) < 4.78 is 5.32. The predicted molar refractivity (Wildman–Crippen MR) is 122 cm³/mol. The van der Waals surface area contributed by atoms with Crippen LogP contribution in [0, 0.1) is 0 Å². The van der Waals surface area contributed by atoms with Crippen LogP contribution in [0.3, 0.4) is 0 Å². The highest BCUT2D eigenvalue weighted by molar-refractivity contribution is 6.07. The molecule has 31 heavy (non-hydrogen) atoms. The largest absolute Gasteiger partial charge is 0.495 e. The number of aromatic nitrogens is 1. The zero-order valence-corrected chi connectivity index (χ0v) is 17.3. The molecule has 0 fully saturated rings. The Bertz CT molecular complexity index is 1190. The van der Waals surface area contributed by atoms with E-state index in [4.69, 9.17) is 16.2 Å². The third kappa shape index (κ3) is 5.18. The zero-order valence-electron chi connectivity index (χ0n) is 17.3. The van der Waals surface area contributed by atoms with Crippen molar-refractivity contribution in [2.24, 2.45) is 21.7 Å². The van der Waals surface area contributed by atoms with E-state index in [1.54, 1.807) is 49.4 Å². The molecule has 0 aliphatic carbocycles. The molecule has 0 saturated heterocycles. The lowest BCUT2D eigenvalue weighted by Crippen LogP contribution is -2.22. The number of ether oxygens (including phenoxy) is 1. The number of H-pyrrole nitrogens is 1. The van der Waals surface area contributed by atoms with Gasteiger partial charge in [0.2, 0.25) is 11.9 Å². The Morgan fingerprint density at radius 1 is 1.00 bits per heavy atom. The minimum absolute atomic E-state index is 0.122. The number of hydrogen-bond acceptors (Lipinski definition) is 5. The van der Waals surface area contributed by atoms with Crippen molar-refractivity contribution in [2.45, 2.75) is 13.8 Å². The lowest BCUT2D eigenvalue weighted by atomic mass is 10.1. The zero-order chi connectivity index (χ0) is 22.5. The van der Waals surface area contributed by atoms with Crippen molar-refractivity contribution in [2.75, 3.05) is 17.7 Å². The SMILES string of the molecule is COc1cc2cc(C(=O)Nc3ccc(C(C)=NN=C(N)N)cc3)[nH]c2cc1NC(C)=O. The number of carbonyl (C=O) groups excluding carboxylic acids is 2. The van der Waals surface area contributed by atoms with Crippen molar-refractivity contribution in [3.63, 3.8) is 0 Å². The third-order valence-corrected chi connectivity index (χ3v) is 4.37. The Balaban J connectivity index is 1.79. The standard InChI is InChI=1S/C21H23N7O3/c1-11(27-28-21(22)23)13-4-6-15(7-5-13)25-20(30)18-8-14-9-19(31-3)17(24-12(2)29)10-16(14)26-18/h4-10,26H,1-3H3,(H,24,29)(H,25,30)(H4,22,23,28). The van der Waals surface area contributed by atoms with Crippen molar-refractivity contribution < 1.29 is 14.3 Å². The first-order valence-electron chi connectivity index (χ1n) is 9.30. The fourth-order valence-corrected chi connectivity index (χ4v) is 2.92. The summed E-state index contributed by atoms with van der Waals surface area (Å²) in [6.07, 6.45) is 0.